The third kappa shape index (κ3) is 4.72. The van der Waals surface area contributed by atoms with Crippen LogP contribution in [-0.2, 0) is 12.7 Å². The van der Waals surface area contributed by atoms with Crippen LogP contribution < -0.4 is 5.56 Å². The minimum atomic E-state index is -5.02. The van der Waals surface area contributed by atoms with E-state index in [0.717, 1.165) is 10.6 Å². The van der Waals surface area contributed by atoms with Gasteiger partial charge in [0.15, 0.2) is 5.69 Å². The third-order valence-corrected chi connectivity index (χ3v) is 4.70. The van der Waals surface area contributed by atoms with Gasteiger partial charge in [0.25, 0.3) is 11.2 Å². The Bertz CT molecular complexity index is 1360. The van der Waals surface area contributed by atoms with Gasteiger partial charge in [-0.3, -0.25) is 19.5 Å². The van der Waals surface area contributed by atoms with Gasteiger partial charge in [-0.25, -0.2) is 0 Å². The Balaban J connectivity index is 2.12. The molecule has 3 aromatic rings. The molecule has 9 nitrogen and oxygen atoms in total. The number of aromatic nitrogens is 1. The summed E-state index contributed by atoms with van der Waals surface area (Å²) < 4.78 is 40.5. The highest BCUT2D eigenvalue weighted by atomic mass is 19.4. The summed E-state index contributed by atoms with van der Waals surface area (Å²) in [5.41, 5.74) is -3.90. The van der Waals surface area contributed by atoms with Crippen LogP contribution >= 0.6 is 0 Å². The molecule has 3 rings (SSSR count). The summed E-state index contributed by atoms with van der Waals surface area (Å²) in [5.74, 6) is -0.586. The Hall–Kier alpha value is -4.53. The van der Waals surface area contributed by atoms with Crippen molar-refractivity contribution in [2.24, 2.45) is 10.2 Å². The molecule has 0 radical (unpaired) electrons. The average Bonchev–Trinajstić information content (AvgIpc) is 2.77. The monoisotopic (exact) mass is 457 g/mol. The van der Waals surface area contributed by atoms with Gasteiger partial charge < -0.3 is 5.11 Å². The lowest BCUT2D eigenvalue weighted by Gasteiger charge is -2.13. The van der Waals surface area contributed by atoms with E-state index in [1.807, 2.05) is 0 Å². The molecule has 1 N–H and O–H groups in total. The predicted molar refractivity (Wildman–Crippen MR) is 110 cm³/mol. The molecular weight excluding hydrogens is 443 g/mol. The number of nitrogens with zero attached hydrogens (tertiary/aromatic N) is 5. The minimum absolute atomic E-state index is 0.0222. The Kier molecular flexibility index (Phi) is 6.25. The predicted octanol–water partition coefficient (Wildman–Crippen LogP) is 5.12. The second-order valence-corrected chi connectivity index (χ2v) is 6.82. The smallest absolute Gasteiger partial charge is 0.423 e. The van der Waals surface area contributed by atoms with E-state index in [4.69, 9.17) is 0 Å². The van der Waals surface area contributed by atoms with E-state index < -0.39 is 39.5 Å². The zero-order valence-corrected chi connectivity index (χ0v) is 16.9. The highest BCUT2D eigenvalue weighted by Gasteiger charge is 2.38. The summed E-state index contributed by atoms with van der Waals surface area (Å²) >= 11 is 0. The van der Waals surface area contributed by atoms with E-state index in [1.165, 1.54) is 6.92 Å². The van der Waals surface area contributed by atoms with Gasteiger partial charge in [0.1, 0.15) is 17.2 Å². The fraction of sp³-hybridized carbons (Fsp3) is 0.143. The van der Waals surface area contributed by atoms with Gasteiger partial charge in [-0.15, -0.1) is 5.11 Å². The maximum Gasteiger partial charge on any atom is 0.423 e. The van der Waals surface area contributed by atoms with Crippen LogP contribution in [-0.4, -0.2) is 14.6 Å². The lowest BCUT2D eigenvalue weighted by Crippen LogP contribution is -2.22. The number of hydrogen-bond donors (Lipinski definition) is 1. The summed E-state index contributed by atoms with van der Waals surface area (Å²) in [7, 11) is 0. The number of benzene rings is 2. The first-order valence-electron chi connectivity index (χ1n) is 9.22. The average molecular weight is 457 g/mol. The van der Waals surface area contributed by atoms with Crippen molar-refractivity contribution in [3.63, 3.8) is 0 Å². The first kappa shape index (κ1) is 23.1. The van der Waals surface area contributed by atoms with Crippen LogP contribution in [0, 0.1) is 28.4 Å². The number of azo groups is 1. The van der Waals surface area contributed by atoms with Gasteiger partial charge in [0.2, 0.25) is 5.88 Å². The molecule has 0 saturated carbocycles. The Morgan fingerprint density at radius 2 is 1.85 bits per heavy atom. The number of nitro groups is 1. The number of nitro benzene ring substituents is 1. The van der Waals surface area contributed by atoms with Crippen LogP contribution in [0.25, 0.3) is 0 Å². The Morgan fingerprint density at radius 3 is 2.42 bits per heavy atom. The molecule has 0 spiro atoms. The second kappa shape index (κ2) is 8.91. The van der Waals surface area contributed by atoms with Crippen molar-refractivity contribution in [2.75, 3.05) is 0 Å². The van der Waals surface area contributed by atoms with E-state index >= 15 is 0 Å². The summed E-state index contributed by atoms with van der Waals surface area (Å²) in [4.78, 5) is 22.7. The van der Waals surface area contributed by atoms with Crippen molar-refractivity contribution in [3.8, 4) is 11.9 Å². The van der Waals surface area contributed by atoms with Gasteiger partial charge >= 0.3 is 6.18 Å². The quantitative estimate of drug-likeness (QED) is 0.322. The summed E-state index contributed by atoms with van der Waals surface area (Å²) in [6.07, 6.45) is -5.02. The van der Waals surface area contributed by atoms with Crippen LogP contribution in [0.15, 0.2) is 63.6 Å². The summed E-state index contributed by atoms with van der Waals surface area (Å²) in [5, 5.41) is 38.1. The van der Waals surface area contributed by atoms with Crippen molar-refractivity contribution in [2.45, 2.75) is 19.6 Å². The largest absolute Gasteiger partial charge is 0.493 e. The molecule has 1 aromatic heterocycles. The van der Waals surface area contributed by atoms with Crippen LogP contribution in [0.5, 0.6) is 5.88 Å². The van der Waals surface area contributed by atoms with Gasteiger partial charge in [-0.1, -0.05) is 30.3 Å². The minimum Gasteiger partial charge on any atom is -0.493 e. The highest BCUT2D eigenvalue weighted by molar-refractivity contribution is 5.57. The molecule has 0 unspecified atom stereocenters. The fourth-order valence-corrected chi connectivity index (χ4v) is 3.05. The summed E-state index contributed by atoms with van der Waals surface area (Å²) in [6, 6.07) is 12.3. The molecule has 0 bridgehead atoms. The van der Waals surface area contributed by atoms with Crippen molar-refractivity contribution in [3.05, 3.63) is 91.3 Å². The van der Waals surface area contributed by atoms with Crippen LogP contribution in [0.4, 0.5) is 30.2 Å². The molecule has 0 aliphatic heterocycles. The van der Waals surface area contributed by atoms with Crippen molar-refractivity contribution in [1.82, 2.24) is 4.57 Å². The molecule has 1 heterocycles. The number of halogens is 3. The van der Waals surface area contributed by atoms with Crippen LogP contribution in [0.2, 0.25) is 0 Å². The molecule has 0 fully saturated rings. The maximum absolute atomic E-state index is 13.2. The normalized spacial score (nSPS) is 11.5. The Morgan fingerprint density at radius 1 is 1.18 bits per heavy atom. The van der Waals surface area contributed by atoms with E-state index in [0.29, 0.717) is 17.7 Å². The third-order valence-electron chi connectivity index (χ3n) is 4.70. The lowest BCUT2D eigenvalue weighted by atomic mass is 10.1. The van der Waals surface area contributed by atoms with E-state index in [1.54, 1.807) is 36.4 Å². The molecule has 2 aromatic carbocycles. The number of pyridine rings is 1. The van der Waals surface area contributed by atoms with E-state index in [-0.39, 0.29) is 23.4 Å². The number of nitriles is 1. The fourth-order valence-electron chi connectivity index (χ4n) is 3.05. The SMILES string of the molecule is Cc1c(C#N)c(O)n(Cc2ccccc2)c(=O)c1N=Nc1ccc([N+](=O)[O-])c(C(F)(F)F)c1. The Labute approximate surface area is 183 Å². The lowest BCUT2D eigenvalue weighted by molar-refractivity contribution is -0.388. The molecular formula is C21H14F3N5O4. The van der Waals surface area contributed by atoms with Crippen molar-refractivity contribution in [1.29, 1.82) is 5.26 Å². The van der Waals surface area contributed by atoms with Crippen LogP contribution in [0.1, 0.15) is 22.3 Å². The van der Waals surface area contributed by atoms with E-state index in [2.05, 4.69) is 10.2 Å². The second-order valence-electron chi connectivity index (χ2n) is 6.82. The first-order valence-corrected chi connectivity index (χ1v) is 9.22. The van der Waals surface area contributed by atoms with Gasteiger partial charge in [0.05, 0.1) is 17.2 Å². The standard InChI is InChI=1S/C21H14F3N5O4/c1-12-15(10-25)19(30)28(11-13-5-3-2-4-6-13)20(31)18(12)27-26-14-7-8-17(29(32)33)16(9-14)21(22,23)24/h2-9,30H,11H2,1H3. The first-order chi connectivity index (χ1) is 15.5. The number of alkyl halides is 3. The highest BCUT2D eigenvalue weighted by Crippen LogP contribution is 2.38. The molecule has 168 valence electrons. The number of hydrogen-bond acceptors (Lipinski definition) is 7. The zero-order chi connectivity index (χ0) is 24.3. The number of aromatic hydroxyl groups is 1. The summed E-state index contributed by atoms with van der Waals surface area (Å²) in [6.45, 7) is 1.23. The molecule has 33 heavy (non-hydrogen) atoms. The molecule has 0 aliphatic carbocycles. The molecule has 0 saturated heterocycles. The van der Waals surface area contributed by atoms with Gasteiger partial charge in [0, 0.05) is 11.6 Å². The number of rotatable bonds is 5. The molecule has 0 amide bonds. The van der Waals surface area contributed by atoms with Crippen LogP contribution in [0.3, 0.4) is 0 Å². The molecule has 12 heteroatoms. The topological polar surface area (TPSA) is 134 Å². The molecule has 0 atom stereocenters. The molecule has 0 aliphatic rings. The van der Waals surface area contributed by atoms with Gasteiger partial charge in [-0.2, -0.15) is 23.5 Å². The van der Waals surface area contributed by atoms with Crippen molar-refractivity contribution < 1.29 is 23.2 Å². The van der Waals surface area contributed by atoms with E-state index in [9.17, 15) is 38.4 Å². The van der Waals surface area contributed by atoms with Crippen molar-refractivity contribution >= 4 is 17.1 Å². The maximum atomic E-state index is 13.2. The van der Waals surface area contributed by atoms with Gasteiger partial charge in [-0.05, 0) is 24.6 Å². The zero-order valence-electron chi connectivity index (χ0n) is 16.9.